The molecule has 0 saturated carbocycles. The third kappa shape index (κ3) is 6.96. The lowest BCUT2D eigenvalue weighted by atomic mass is 10.0. The number of benzene rings is 1. The smallest absolute Gasteiger partial charge is 0.191 e. The highest BCUT2D eigenvalue weighted by Crippen LogP contribution is 2.24. The Labute approximate surface area is 159 Å². The Kier molecular flexibility index (Phi) is 9.50. The zero-order valence-corrected chi connectivity index (χ0v) is 16.8. The topological polar surface area (TPSA) is 48.9 Å². The van der Waals surface area contributed by atoms with Crippen LogP contribution in [0, 0.1) is 6.92 Å². The maximum atomic E-state index is 5.38. The summed E-state index contributed by atoms with van der Waals surface area (Å²) in [5.41, 5.74) is 2.70. The molecule has 2 N–H and O–H groups in total. The van der Waals surface area contributed by atoms with E-state index in [1.54, 1.807) is 0 Å². The van der Waals surface area contributed by atoms with Crippen LogP contribution in [0.3, 0.4) is 0 Å². The van der Waals surface area contributed by atoms with Crippen LogP contribution in [-0.2, 0) is 4.74 Å². The fraction of sp³-hybridized carbons (Fsp3) is 0.667. The molecule has 0 amide bonds. The van der Waals surface area contributed by atoms with Gasteiger partial charge in [-0.05, 0) is 58.2 Å². The monoisotopic (exact) mass is 360 g/mol. The summed E-state index contributed by atoms with van der Waals surface area (Å²) >= 11 is 0. The number of aliphatic imine (C=N–C) groups is 1. The van der Waals surface area contributed by atoms with Crippen molar-refractivity contribution in [1.29, 1.82) is 0 Å². The summed E-state index contributed by atoms with van der Waals surface area (Å²) in [5, 5.41) is 6.95. The lowest BCUT2D eigenvalue weighted by molar-refractivity contribution is 0.143. The van der Waals surface area contributed by atoms with Crippen molar-refractivity contribution in [3.8, 4) is 0 Å². The van der Waals surface area contributed by atoms with Crippen molar-refractivity contribution in [2.45, 2.75) is 45.6 Å². The molecule has 1 atom stereocenters. The van der Waals surface area contributed by atoms with Gasteiger partial charge in [-0.25, -0.2) is 0 Å². The number of aryl methyl sites for hydroxylation is 1. The van der Waals surface area contributed by atoms with Crippen molar-refractivity contribution in [2.24, 2.45) is 4.99 Å². The maximum absolute atomic E-state index is 5.38. The van der Waals surface area contributed by atoms with Gasteiger partial charge in [0.1, 0.15) is 0 Å². The lowest BCUT2D eigenvalue weighted by Crippen LogP contribution is -2.43. The number of guanidine groups is 1. The molecule has 1 saturated heterocycles. The van der Waals surface area contributed by atoms with Crippen LogP contribution in [-0.4, -0.2) is 57.3 Å². The van der Waals surface area contributed by atoms with E-state index >= 15 is 0 Å². The van der Waals surface area contributed by atoms with E-state index in [0.29, 0.717) is 6.04 Å². The fourth-order valence-corrected chi connectivity index (χ4v) is 3.39. The van der Waals surface area contributed by atoms with Crippen molar-refractivity contribution in [3.63, 3.8) is 0 Å². The fourth-order valence-electron chi connectivity index (χ4n) is 3.39. The van der Waals surface area contributed by atoms with Crippen LogP contribution >= 0.6 is 0 Å². The molecule has 0 bridgehead atoms. The highest BCUT2D eigenvalue weighted by Gasteiger charge is 2.23. The molecule has 1 aliphatic rings. The lowest BCUT2D eigenvalue weighted by Gasteiger charge is -2.29. The van der Waals surface area contributed by atoms with Gasteiger partial charge in [-0.2, -0.15) is 0 Å². The molecule has 0 radical (unpaired) electrons. The van der Waals surface area contributed by atoms with Crippen molar-refractivity contribution in [2.75, 3.05) is 46.4 Å². The van der Waals surface area contributed by atoms with Crippen molar-refractivity contribution in [3.05, 3.63) is 35.4 Å². The standard InChI is InChI=1S/C21H36N4O/c1-4-26-16-8-5-13-23-21(22-3)24-17-20(25-14-6-7-15-25)19-11-9-18(2)10-12-19/h9-12,20H,4-8,13-17H2,1-3H3,(H2,22,23,24). The molecule has 1 aromatic carbocycles. The normalized spacial score (nSPS) is 16.7. The number of nitrogens with zero attached hydrogens (tertiary/aromatic N) is 2. The van der Waals surface area contributed by atoms with E-state index in [9.17, 15) is 0 Å². The Hall–Kier alpha value is -1.59. The van der Waals surface area contributed by atoms with E-state index in [2.05, 4.69) is 51.7 Å². The summed E-state index contributed by atoms with van der Waals surface area (Å²) in [6.07, 6.45) is 4.77. The van der Waals surface area contributed by atoms with Crippen LogP contribution in [0.4, 0.5) is 0 Å². The molecule has 5 nitrogen and oxygen atoms in total. The molecule has 2 rings (SSSR count). The number of nitrogens with one attached hydrogen (secondary N) is 2. The van der Waals surface area contributed by atoms with Gasteiger partial charge in [0.15, 0.2) is 5.96 Å². The molecule has 5 heteroatoms. The summed E-state index contributed by atoms with van der Waals surface area (Å²) in [7, 11) is 1.84. The minimum atomic E-state index is 0.398. The van der Waals surface area contributed by atoms with Crippen LogP contribution in [0.5, 0.6) is 0 Å². The molecule has 146 valence electrons. The summed E-state index contributed by atoms with van der Waals surface area (Å²) < 4.78 is 5.38. The second-order valence-electron chi connectivity index (χ2n) is 6.95. The molecule has 0 aliphatic carbocycles. The Morgan fingerprint density at radius 3 is 2.54 bits per heavy atom. The molecule has 0 spiro atoms. The van der Waals surface area contributed by atoms with E-state index in [4.69, 9.17) is 4.74 Å². The number of hydrogen-bond donors (Lipinski definition) is 2. The molecule has 1 unspecified atom stereocenters. The SMILES string of the molecule is CCOCCCCNC(=NC)NCC(c1ccc(C)cc1)N1CCCC1. The van der Waals surface area contributed by atoms with Gasteiger partial charge < -0.3 is 15.4 Å². The first-order valence-corrected chi connectivity index (χ1v) is 10.1. The zero-order valence-electron chi connectivity index (χ0n) is 16.8. The number of unbranched alkanes of at least 4 members (excludes halogenated alkanes) is 1. The minimum Gasteiger partial charge on any atom is -0.382 e. The van der Waals surface area contributed by atoms with Crippen LogP contribution in [0.2, 0.25) is 0 Å². The summed E-state index contributed by atoms with van der Waals surface area (Å²) in [5.74, 6) is 0.887. The molecule has 26 heavy (non-hydrogen) atoms. The molecule has 0 aromatic heterocycles. The van der Waals surface area contributed by atoms with Gasteiger partial charge in [-0.15, -0.1) is 0 Å². The van der Waals surface area contributed by atoms with Crippen molar-refractivity contribution < 1.29 is 4.74 Å². The highest BCUT2D eigenvalue weighted by atomic mass is 16.5. The zero-order chi connectivity index (χ0) is 18.6. The van der Waals surface area contributed by atoms with Crippen LogP contribution in [0.15, 0.2) is 29.3 Å². The number of ether oxygens (including phenoxy) is 1. The van der Waals surface area contributed by atoms with Crippen LogP contribution in [0.1, 0.15) is 49.8 Å². The first-order chi connectivity index (χ1) is 12.7. The third-order valence-electron chi connectivity index (χ3n) is 4.94. The molecular weight excluding hydrogens is 324 g/mol. The molecule has 1 heterocycles. The molecule has 1 aromatic rings. The highest BCUT2D eigenvalue weighted by molar-refractivity contribution is 5.79. The average molecular weight is 361 g/mol. The van der Waals surface area contributed by atoms with Gasteiger partial charge in [-0.3, -0.25) is 9.89 Å². The number of rotatable bonds is 10. The molecule has 1 aliphatic heterocycles. The second-order valence-corrected chi connectivity index (χ2v) is 6.95. The third-order valence-corrected chi connectivity index (χ3v) is 4.94. The number of hydrogen-bond acceptors (Lipinski definition) is 3. The van der Waals surface area contributed by atoms with Gasteiger partial charge in [0, 0.05) is 33.4 Å². The van der Waals surface area contributed by atoms with Crippen LogP contribution in [0.25, 0.3) is 0 Å². The molecule has 1 fully saturated rings. The largest absolute Gasteiger partial charge is 0.382 e. The first-order valence-electron chi connectivity index (χ1n) is 10.1. The predicted molar refractivity (Wildman–Crippen MR) is 110 cm³/mol. The summed E-state index contributed by atoms with van der Waals surface area (Å²) in [6.45, 7) is 9.99. The summed E-state index contributed by atoms with van der Waals surface area (Å²) in [4.78, 5) is 6.96. The predicted octanol–water partition coefficient (Wildman–Crippen LogP) is 3.11. The van der Waals surface area contributed by atoms with Gasteiger partial charge in [0.05, 0.1) is 6.04 Å². The van der Waals surface area contributed by atoms with Gasteiger partial charge in [0.2, 0.25) is 0 Å². The van der Waals surface area contributed by atoms with E-state index in [1.165, 1.54) is 37.1 Å². The van der Waals surface area contributed by atoms with Gasteiger partial charge in [-0.1, -0.05) is 29.8 Å². The molecular formula is C21H36N4O. The maximum Gasteiger partial charge on any atom is 0.191 e. The Morgan fingerprint density at radius 2 is 1.88 bits per heavy atom. The quantitative estimate of drug-likeness (QED) is 0.382. The Bertz CT molecular complexity index is 523. The average Bonchev–Trinajstić information content (AvgIpc) is 3.18. The van der Waals surface area contributed by atoms with E-state index in [-0.39, 0.29) is 0 Å². The summed E-state index contributed by atoms with van der Waals surface area (Å²) in [6, 6.07) is 9.36. The van der Waals surface area contributed by atoms with Crippen LogP contribution < -0.4 is 10.6 Å². The van der Waals surface area contributed by atoms with Gasteiger partial charge >= 0.3 is 0 Å². The first kappa shape index (κ1) is 20.7. The van der Waals surface area contributed by atoms with Crippen molar-refractivity contribution in [1.82, 2.24) is 15.5 Å². The number of likely N-dealkylation sites (tertiary alicyclic amines) is 1. The Morgan fingerprint density at radius 1 is 1.15 bits per heavy atom. The van der Waals surface area contributed by atoms with E-state index < -0.39 is 0 Å². The minimum absolute atomic E-state index is 0.398. The van der Waals surface area contributed by atoms with Crippen molar-refractivity contribution >= 4 is 5.96 Å². The van der Waals surface area contributed by atoms with E-state index in [0.717, 1.165) is 45.1 Å². The van der Waals surface area contributed by atoms with E-state index in [1.807, 2.05) is 14.0 Å². The Balaban J connectivity index is 1.83. The second kappa shape index (κ2) is 11.9. The van der Waals surface area contributed by atoms with Gasteiger partial charge in [0.25, 0.3) is 0 Å².